The molecule has 0 fully saturated rings. The van der Waals surface area contributed by atoms with Gasteiger partial charge in [0, 0.05) is 62.8 Å². The number of nitrogens with one attached hydrogen (secondary N) is 1. The van der Waals surface area contributed by atoms with Crippen LogP contribution in [-0.4, -0.2) is 105 Å². The van der Waals surface area contributed by atoms with Crippen LogP contribution in [0.2, 0.25) is 25.7 Å². The number of halogens is 2. The summed E-state index contributed by atoms with van der Waals surface area (Å²) in [6, 6.07) is 14.8. The van der Waals surface area contributed by atoms with Crippen LogP contribution in [0.5, 0.6) is 0 Å². The van der Waals surface area contributed by atoms with Gasteiger partial charge in [0.1, 0.15) is 41.8 Å². The highest BCUT2D eigenvalue weighted by molar-refractivity contribution is 7.99. The van der Waals surface area contributed by atoms with Gasteiger partial charge in [0.15, 0.2) is 10.3 Å². The summed E-state index contributed by atoms with van der Waals surface area (Å²) < 4.78 is 35.3. The molecule has 0 aliphatic heterocycles. The van der Waals surface area contributed by atoms with E-state index < -0.39 is 8.07 Å². The van der Waals surface area contributed by atoms with Crippen LogP contribution in [0.25, 0.3) is 44.6 Å². The number of aryl methyl sites for hydroxylation is 2. The Labute approximate surface area is 374 Å². The van der Waals surface area contributed by atoms with E-state index in [4.69, 9.17) is 19.7 Å². The largest absolute Gasteiger partial charge is 0.361 e. The summed E-state index contributed by atoms with van der Waals surface area (Å²) in [5.41, 5.74) is 6.78. The second-order valence-corrected chi connectivity index (χ2v) is 23.8. The first-order valence-electron chi connectivity index (χ1n) is 21.1. The van der Waals surface area contributed by atoms with Crippen LogP contribution in [0.3, 0.4) is 0 Å². The third-order valence-corrected chi connectivity index (χ3v) is 14.0. The van der Waals surface area contributed by atoms with Crippen LogP contribution in [-0.2, 0) is 11.5 Å². The molecule has 4 heterocycles. The lowest BCUT2D eigenvalue weighted by Crippen LogP contribution is -2.25. The highest BCUT2D eigenvalue weighted by Gasteiger charge is 2.22. The first-order chi connectivity index (χ1) is 29.7. The molecule has 0 bridgehead atoms. The van der Waals surface area contributed by atoms with Crippen LogP contribution in [0.4, 0.5) is 8.78 Å². The van der Waals surface area contributed by atoms with E-state index in [0.29, 0.717) is 68.2 Å². The molecule has 0 unspecified atom stereocenters. The molecule has 2 aromatic carbocycles. The molecule has 0 aliphatic carbocycles. The Kier molecular flexibility index (Phi) is 17.6. The number of hydrogen-bond acceptors (Lipinski definition) is 11. The van der Waals surface area contributed by atoms with E-state index in [0.717, 1.165) is 79.1 Å². The number of rotatable bonds is 19. The Balaban J connectivity index is 0.000000242. The first-order valence-corrected chi connectivity index (χ1v) is 26.8. The van der Waals surface area contributed by atoms with Crippen LogP contribution in [0, 0.1) is 48.1 Å². The van der Waals surface area contributed by atoms with Crippen molar-refractivity contribution in [2.75, 3.05) is 57.4 Å². The van der Waals surface area contributed by atoms with Gasteiger partial charge in [0.05, 0.1) is 33.3 Å². The van der Waals surface area contributed by atoms with Crippen LogP contribution in [0.15, 0.2) is 59.1 Å². The van der Waals surface area contributed by atoms with Gasteiger partial charge in [0.25, 0.3) is 0 Å². The third kappa shape index (κ3) is 12.5. The van der Waals surface area contributed by atoms with E-state index >= 15 is 0 Å². The molecule has 11 nitrogen and oxygen atoms in total. The van der Waals surface area contributed by atoms with Gasteiger partial charge in [-0.3, -0.25) is 0 Å². The van der Waals surface area contributed by atoms with Gasteiger partial charge in [0.2, 0.25) is 0 Å². The fraction of sp³-hybridized carbons (Fsp3) is 0.435. The Bertz CT molecular complexity index is 2530. The quantitative estimate of drug-likeness (QED) is 0.0360. The maximum atomic E-state index is 13.9. The van der Waals surface area contributed by atoms with Crippen molar-refractivity contribution in [2.45, 2.75) is 84.3 Å². The van der Waals surface area contributed by atoms with Crippen LogP contribution in [0.1, 0.15) is 49.9 Å². The van der Waals surface area contributed by atoms with Gasteiger partial charge >= 0.3 is 0 Å². The lowest BCUT2D eigenvalue weighted by Gasteiger charge is -2.17. The summed E-state index contributed by atoms with van der Waals surface area (Å²) in [7, 11) is -1.20. The van der Waals surface area contributed by atoms with Gasteiger partial charge in [-0.1, -0.05) is 70.9 Å². The van der Waals surface area contributed by atoms with Crippen molar-refractivity contribution in [2.24, 2.45) is 0 Å². The topological polar surface area (TPSA) is 136 Å². The van der Waals surface area contributed by atoms with E-state index in [-0.39, 0.29) is 11.6 Å². The first kappa shape index (κ1) is 48.4. The van der Waals surface area contributed by atoms with Crippen molar-refractivity contribution in [1.82, 2.24) is 39.3 Å². The summed E-state index contributed by atoms with van der Waals surface area (Å²) in [6.45, 7) is 26.2. The Hall–Kier alpha value is -4.68. The molecule has 4 aromatic heterocycles. The highest BCUT2D eigenvalue weighted by atomic mass is 32.2. The van der Waals surface area contributed by atoms with E-state index in [1.807, 2.05) is 18.4 Å². The zero-order valence-corrected chi connectivity index (χ0v) is 40.0. The van der Waals surface area contributed by atoms with Crippen molar-refractivity contribution < 1.29 is 13.5 Å². The summed E-state index contributed by atoms with van der Waals surface area (Å²) in [6.07, 6.45) is 3.44. The number of nitriles is 2. The maximum Gasteiger partial charge on any atom is 0.190 e. The van der Waals surface area contributed by atoms with E-state index in [1.165, 1.54) is 24.3 Å². The molecule has 6 aromatic rings. The van der Waals surface area contributed by atoms with Gasteiger partial charge in [-0.05, 0) is 93.6 Å². The zero-order chi connectivity index (χ0) is 45.0. The number of fused-ring (bicyclic) bond motifs is 2. The minimum atomic E-state index is -1.20. The fourth-order valence-corrected chi connectivity index (χ4v) is 9.35. The normalized spacial score (nSPS) is 11.7. The van der Waals surface area contributed by atoms with Crippen molar-refractivity contribution in [3.8, 4) is 34.7 Å². The summed E-state index contributed by atoms with van der Waals surface area (Å²) in [4.78, 5) is 26.8. The van der Waals surface area contributed by atoms with Crippen LogP contribution >= 0.6 is 23.5 Å². The average Bonchev–Trinajstić information content (AvgIpc) is 3.83. The number of thioether (sulfide) groups is 2. The average molecular weight is 897 g/mol. The second kappa shape index (κ2) is 22.6. The standard InChI is InChI=1S/C26H36FN5OSSi.C20H22FN5S/c1-7-31(8-2)11-13-34-26-29-24(22-10-9-21(27)15-19(22)3)23-20(16-28)17-32(25(23)30-26)18-33-12-14-35(4,5)6;1-4-26(5-2)8-9-27-20-24-18(16-7-6-15(21)10-13(16)3)17-14(11-22)12-23-19(17)25-20/h9-10,15,17H,7-8,11-14,18H2,1-6H3;6-7,10,12H,4-5,8-9H2,1-3H3,(H,23,24,25). The van der Waals surface area contributed by atoms with Crippen molar-refractivity contribution in [3.05, 3.63) is 82.7 Å². The molecule has 0 atom stereocenters. The van der Waals surface area contributed by atoms with Gasteiger partial charge in [-0.2, -0.15) is 10.5 Å². The Morgan fingerprint density at radius 1 is 0.742 bits per heavy atom. The minimum absolute atomic E-state index is 0.287. The van der Waals surface area contributed by atoms with Crippen molar-refractivity contribution in [1.29, 1.82) is 10.5 Å². The molecular weight excluding hydrogens is 839 g/mol. The number of aromatic nitrogens is 6. The predicted molar refractivity (Wildman–Crippen MR) is 252 cm³/mol. The lowest BCUT2D eigenvalue weighted by atomic mass is 10.0. The monoisotopic (exact) mass is 896 g/mol. The van der Waals surface area contributed by atoms with E-state index in [2.05, 4.69) is 79.2 Å². The van der Waals surface area contributed by atoms with E-state index in [1.54, 1.807) is 48.1 Å². The van der Waals surface area contributed by atoms with Gasteiger partial charge in [-0.15, -0.1) is 0 Å². The molecular formula is C46H58F2N10OS2Si. The highest BCUT2D eigenvalue weighted by Crippen LogP contribution is 2.35. The summed E-state index contributed by atoms with van der Waals surface area (Å²) >= 11 is 3.19. The molecule has 0 amide bonds. The molecule has 16 heteroatoms. The van der Waals surface area contributed by atoms with Crippen molar-refractivity contribution >= 4 is 53.7 Å². The van der Waals surface area contributed by atoms with Gasteiger partial charge < -0.3 is 24.1 Å². The van der Waals surface area contributed by atoms with Crippen molar-refractivity contribution in [3.63, 3.8) is 0 Å². The Morgan fingerprint density at radius 2 is 1.26 bits per heavy atom. The molecule has 6 rings (SSSR count). The zero-order valence-electron chi connectivity index (χ0n) is 37.4. The second-order valence-electron chi connectivity index (χ2n) is 16.1. The number of benzene rings is 2. The summed E-state index contributed by atoms with van der Waals surface area (Å²) in [5, 5.41) is 22.0. The number of hydrogen-bond donors (Lipinski definition) is 1. The Morgan fingerprint density at radius 3 is 1.74 bits per heavy atom. The molecule has 1 N–H and O–H groups in total. The molecule has 0 spiro atoms. The smallest absolute Gasteiger partial charge is 0.190 e. The molecule has 328 valence electrons. The lowest BCUT2D eigenvalue weighted by molar-refractivity contribution is 0.0898. The molecule has 0 saturated heterocycles. The number of nitrogens with zero attached hydrogens (tertiary/aromatic N) is 9. The van der Waals surface area contributed by atoms with E-state index in [9.17, 15) is 19.3 Å². The van der Waals surface area contributed by atoms with Gasteiger partial charge in [-0.25, -0.2) is 28.7 Å². The summed E-state index contributed by atoms with van der Waals surface area (Å²) in [5.74, 6) is 1.15. The SMILES string of the molecule is CCN(CC)CCSc1nc(-c2ccc(F)cc2C)c2c(C#N)c[nH]c2n1.CCN(CC)CCSc1nc(-c2ccc(F)cc2C)c2c(C#N)cn(COCC[Si](C)(C)C)c2n1. The number of H-pyrrole nitrogens is 1. The molecule has 0 saturated carbocycles. The minimum Gasteiger partial charge on any atom is -0.361 e. The third-order valence-electron chi connectivity index (χ3n) is 10.6. The molecule has 0 radical (unpaired) electrons. The number of aromatic amines is 1. The fourth-order valence-electron chi connectivity index (χ4n) is 6.91. The maximum absolute atomic E-state index is 13.9. The predicted octanol–water partition coefficient (Wildman–Crippen LogP) is 10.5. The van der Waals surface area contributed by atoms with Crippen LogP contribution < -0.4 is 0 Å². The number of ether oxygens (including phenoxy) is 1. The molecule has 62 heavy (non-hydrogen) atoms. The molecule has 0 aliphatic rings.